The number of carbonyl (C=O) groups is 1. The number of urea groups is 1. The van der Waals surface area contributed by atoms with Crippen LogP contribution in [0.3, 0.4) is 0 Å². The van der Waals surface area contributed by atoms with Crippen LogP contribution in [0, 0.1) is 0 Å². The summed E-state index contributed by atoms with van der Waals surface area (Å²) >= 11 is 0. The number of rotatable bonds is 4. The van der Waals surface area contributed by atoms with Gasteiger partial charge in [-0.1, -0.05) is 32.1 Å². The zero-order valence-electron chi connectivity index (χ0n) is 10.9. The minimum atomic E-state index is -0.719. The first kappa shape index (κ1) is 13.6. The van der Waals surface area contributed by atoms with E-state index in [1.54, 1.807) is 0 Å². The van der Waals surface area contributed by atoms with E-state index >= 15 is 0 Å². The number of nitrogens with one attached hydrogen (secondary N) is 2. The first-order valence-corrected chi connectivity index (χ1v) is 7.10. The Morgan fingerprint density at radius 2 is 1.83 bits per heavy atom. The van der Waals surface area contributed by atoms with E-state index in [1.165, 1.54) is 19.3 Å². The lowest BCUT2D eigenvalue weighted by molar-refractivity contribution is -0.00930. The fraction of sp³-hybridized carbons (Fsp3) is 0.923. The average molecular weight is 256 g/mol. The smallest absolute Gasteiger partial charge is 0.338 e. The Labute approximate surface area is 108 Å². The van der Waals surface area contributed by atoms with Crippen LogP contribution in [0.1, 0.15) is 57.8 Å². The van der Waals surface area contributed by atoms with E-state index in [4.69, 9.17) is 4.84 Å². The molecule has 0 bridgehead atoms. The van der Waals surface area contributed by atoms with Gasteiger partial charge < -0.3 is 10.4 Å². The normalized spacial score (nSPS) is 23.8. The Kier molecular flexibility index (Phi) is 4.83. The van der Waals surface area contributed by atoms with Crippen molar-refractivity contribution in [1.29, 1.82) is 0 Å². The fourth-order valence-corrected chi connectivity index (χ4v) is 2.81. The van der Waals surface area contributed by atoms with Gasteiger partial charge in [-0.05, 0) is 25.7 Å². The van der Waals surface area contributed by atoms with Crippen LogP contribution < -0.4 is 10.8 Å². The van der Waals surface area contributed by atoms with Gasteiger partial charge in [0.05, 0.1) is 11.7 Å². The molecule has 3 N–H and O–H groups in total. The predicted octanol–water partition coefficient (Wildman–Crippen LogP) is 1.85. The van der Waals surface area contributed by atoms with Gasteiger partial charge >= 0.3 is 6.03 Å². The molecule has 0 aromatic rings. The topological polar surface area (TPSA) is 70.6 Å². The number of hydrogen-bond acceptors (Lipinski definition) is 3. The first-order chi connectivity index (χ1) is 8.68. The van der Waals surface area contributed by atoms with Crippen molar-refractivity contribution in [2.75, 3.05) is 6.54 Å². The average Bonchev–Trinajstić information content (AvgIpc) is 2.88. The monoisotopic (exact) mass is 256 g/mol. The molecule has 2 saturated carbocycles. The lowest BCUT2D eigenvalue weighted by atomic mass is 9.85. The van der Waals surface area contributed by atoms with Crippen LogP contribution in [0.5, 0.6) is 0 Å². The van der Waals surface area contributed by atoms with Gasteiger partial charge in [0.15, 0.2) is 0 Å². The molecule has 0 atom stereocenters. The molecule has 5 nitrogen and oxygen atoms in total. The summed E-state index contributed by atoms with van der Waals surface area (Å²) in [4.78, 5) is 16.8. The number of hydroxylamine groups is 1. The van der Waals surface area contributed by atoms with Crippen molar-refractivity contribution >= 4 is 6.03 Å². The van der Waals surface area contributed by atoms with Crippen LogP contribution in [-0.2, 0) is 4.84 Å². The van der Waals surface area contributed by atoms with Gasteiger partial charge in [0, 0.05) is 6.54 Å². The maximum Gasteiger partial charge on any atom is 0.338 e. The Morgan fingerprint density at radius 1 is 1.17 bits per heavy atom. The molecule has 2 aliphatic carbocycles. The van der Waals surface area contributed by atoms with Crippen LogP contribution >= 0.6 is 0 Å². The zero-order chi connectivity index (χ0) is 12.8. The molecule has 18 heavy (non-hydrogen) atoms. The van der Waals surface area contributed by atoms with Crippen molar-refractivity contribution in [1.82, 2.24) is 10.8 Å². The lowest BCUT2D eigenvalue weighted by Gasteiger charge is -2.32. The summed E-state index contributed by atoms with van der Waals surface area (Å²) in [7, 11) is 0. The molecular formula is C13H24N2O3. The van der Waals surface area contributed by atoms with Crippen LogP contribution in [0.2, 0.25) is 0 Å². The third-order valence-corrected chi connectivity index (χ3v) is 3.98. The summed E-state index contributed by atoms with van der Waals surface area (Å²) in [6.07, 6.45) is 9.35. The highest BCUT2D eigenvalue weighted by molar-refractivity contribution is 5.72. The summed E-state index contributed by atoms with van der Waals surface area (Å²) in [6, 6.07) is -0.346. The maximum absolute atomic E-state index is 11.5. The van der Waals surface area contributed by atoms with Crippen LogP contribution in [-0.4, -0.2) is 29.4 Å². The standard InChI is InChI=1S/C13H24N2O3/c16-12(15-18-11-6-2-3-7-11)14-10-13(17)8-4-1-5-9-13/h11,17H,1-10H2,(H2,14,15,16). The molecular weight excluding hydrogens is 232 g/mol. The van der Waals surface area contributed by atoms with Crippen molar-refractivity contribution in [3.8, 4) is 0 Å². The highest BCUT2D eigenvalue weighted by Crippen LogP contribution is 2.27. The first-order valence-electron chi connectivity index (χ1n) is 7.10. The Balaban J connectivity index is 1.61. The quantitative estimate of drug-likeness (QED) is 0.672. The summed E-state index contributed by atoms with van der Waals surface area (Å²) in [5.74, 6) is 0. The van der Waals surface area contributed by atoms with Crippen molar-refractivity contribution < 1.29 is 14.7 Å². The van der Waals surface area contributed by atoms with Gasteiger partial charge in [0.1, 0.15) is 0 Å². The summed E-state index contributed by atoms with van der Waals surface area (Å²) in [5, 5.41) is 12.9. The molecule has 2 rings (SSSR count). The SMILES string of the molecule is O=C(NCC1(O)CCCCC1)NOC1CCCC1. The van der Waals surface area contributed by atoms with Crippen LogP contribution in [0.15, 0.2) is 0 Å². The lowest BCUT2D eigenvalue weighted by Crippen LogP contribution is -2.47. The molecule has 0 heterocycles. The van der Waals surface area contributed by atoms with E-state index in [9.17, 15) is 9.90 Å². The van der Waals surface area contributed by atoms with Crippen molar-refractivity contribution in [2.45, 2.75) is 69.5 Å². The molecule has 5 heteroatoms. The van der Waals surface area contributed by atoms with Gasteiger partial charge in [-0.2, -0.15) is 0 Å². The molecule has 2 aliphatic rings. The van der Waals surface area contributed by atoms with Gasteiger partial charge in [-0.15, -0.1) is 0 Å². The minimum Gasteiger partial charge on any atom is -0.388 e. The maximum atomic E-state index is 11.5. The largest absolute Gasteiger partial charge is 0.388 e. The highest BCUT2D eigenvalue weighted by Gasteiger charge is 2.29. The van der Waals surface area contributed by atoms with Crippen molar-refractivity contribution in [3.63, 3.8) is 0 Å². The van der Waals surface area contributed by atoms with Gasteiger partial charge in [0.2, 0.25) is 0 Å². The van der Waals surface area contributed by atoms with Gasteiger partial charge in [-0.3, -0.25) is 4.84 Å². The van der Waals surface area contributed by atoms with E-state index in [0.29, 0.717) is 6.54 Å². The third-order valence-electron chi connectivity index (χ3n) is 3.98. The minimum absolute atomic E-state index is 0.161. The molecule has 0 aliphatic heterocycles. The Hall–Kier alpha value is -0.810. The van der Waals surface area contributed by atoms with E-state index in [2.05, 4.69) is 10.8 Å². The fourth-order valence-electron chi connectivity index (χ4n) is 2.81. The molecule has 0 unspecified atom stereocenters. The highest BCUT2D eigenvalue weighted by atomic mass is 16.7. The molecule has 0 radical (unpaired) electrons. The predicted molar refractivity (Wildman–Crippen MR) is 67.9 cm³/mol. The van der Waals surface area contributed by atoms with Gasteiger partial charge in [0.25, 0.3) is 0 Å². The summed E-state index contributed by atoms with van der Waals surface area (Å²) in [6.45, 7) is 0.312. The second-order valence-electron chi connectivity index (χ2n) is 5.59. The molecule has 2 amide bonds. The molecule has 2 fully saturated rings. The van der Waals surface area contributed by atoms with Gasteiger partial charge in [-0.25, -0.2) is 10.3 Å². The number of amides is 2. The van der Waals surface area contributed by atoms with Crippen LogP contribution in [0.4, 0.5) is 4.79 Å². The molecule has 0 aromatic carbocycles. The van der Waals surface area contributed by atoms with Crippen molar-refractivity contribution in [2.24, 2.45) is 0 Å². The summed E-state index contributed by atoms with van der Waals surface area (Å²) < 4.78 is 0. The Bertz CT molecular complexity index is 271. The van der Waals surface area contributed by atoms with E-state index in [-0.39, 0.29) is 12.1 Å². The zero-order valence-corrected chi connectivity index (χ0v) is 10.9. The second-order valence-corrected chi connectivity index (χ2v) is 5.59. The number of aliphatic hydroxyl groups is 1. The Morgan fingerprint density at radius 3 is 2.50 bits per heavy atom. The molecule has 0 saturated heterocycles. The number of carbonyl (C=O) groups excluding carboxylic acids is 1. The molecule has 104 valence electrons. The third kappa shape index (κ3) is 4.14. The van der Waals surface area contributed by atoms with Crippen LogP contribution in [0.25, 0.3) is 0 Å². The van der Waals surface area contributed by atoms with E-state index < -0.39 is 5.60 Å². The van der Waals surface area contributed by atoms with Crippen molar-refractivity contribution in [3.05, 3.63) is 0 Å². The second kappa shape index (κ2) is 6.38. The van der Waals surface area contributed by atoms with E-state index in [0.717, 1.165) is 38.5 Å². The van der Waals surface area contributed by atoms with E-state index in [1.807, 2.05) is 0 Å². The molecule has 0 aromatic heterocycles. The molecule has 0 spiro atoms. The number of hydrogen-bond donors (Lipinski definition) is 3. The summed E-state index contributed by atoms with van der Waals surface area (Å²) in [5.41, 5.74) is 1.70.